The molecule has 0 unspecified atom stereocenters. The Balaban J connectivity index is 2.09. The van der Waals surface area contributed by atoms with Crippen LogP contribution in [-0.4, -0.2) is 27.5 Å². The largest absolute Gasteiger partial charge is 0.376 e. The first-order chi connectivity index (χ1) is 9.29. The molecule has 3 amide bonds. The SMILES string of the molecule is CC1(C)NC(=O)N(Cc2ccc(NC(N)=S)cc2)C1=O. The number of benzene rings is 1. The van der Waals surface area contributed by atoms with Crippen LogP contribution in [0.3, 0.4) is 0 Å². The van der Waals surface area contributed by atoms with E-state index in [0.717, 1.165) is 11.3 Å². The van der Waals surface area contributed by atoms with E-state index in [2.05, 4.69) is 10.6 Å². The van der Waals surface area contributed by atoms with Crippen LogP contribution in [0.1, 0.15) is 19.4 Å². The second-order valence-electron chi connectivity index (χ2n) is 5.13. The van der Waals surface area contributed by atoms with Gasteiger partial charge in [-0.1, -0.05) is 12.1 Å². The van der Waals surface area contributed by atoms with Crippen LogP contribution in [0, 0.1) is 0 Å². The number of urea groups is 1. The summed E-state index contributed by atoms with van der Waals surface area (Å²) >= 11 is 4.74. The number of carbonyl (C=O) groups excluding carboxylic acids is 2. The lowest BCUT2D eigenvalue weighted by Gasteiger charge is -2.16. The van der Waals surface area contributed by atoms with E-state index >= 15 is 0 Å². The molecule has 1 aromatic carbocycles. The van der Waals surface area contributed by atoms with E-state index in [9.17, 15) is 9.59 Å². The van der Waals surface area contributed by atoms with E-state index in [1.807, 2.05) is 12.1 Å². The van der Waals surface area contributed by atoms with Crippen LogP contribution in [0.15, 0.2) is 24.3 Å². The highest BCUT2D eigenvalue weighted by atomic mass is 32.1. The predicted molar refractivity (Wildman–Crippen MR) is 80.0 cm³/mol. The van der Waals surface area contributed by atoms with Crippen LogP contribution in [-0.2, 0) is 11.3 Å². The van der Waals surface area contributed by atoms with Gasteiger partial charge in [-0.2, -0.15) is 0 Å². The van der Waals surface area contributed by atoms with Gasteiger partial charge in [0.15, 0.2) is 5.11 Å². The molecule has 1 fully saturated rings. The number of anilines is 1. The van der Waals surface area contributed by atoms with Crippen molar-refractivity contribution in [3.63, 3.8) is 0 Å². The number of amides is 3. The van der Waals surface area contributed by atoms with Gasteiger partial charge >= 0.3 is 6.03 Å². The molecule has 4 N–H and O–H groups in total. The van der Waals surface area contributed by atoms with Gasteiger partial charge in [-0.05, 0) is 43.8 Å². The van der Waals surface area contributed by atoms with Crippen LogP contribution in [0.5, 0.6) is 0 Å². The molecule has 1 aliphatic rings. The van der Waals surface area contributed by atoms with Crippen LogP contribution >= 0.6 is 12.2 Å². The summed E-state index contributed by atoms with van der Waals surface area (Å²) in [6.45, 7) is 3.60. The minimum atomic E-state index is -0.843. The van der Waals surface area contributed by atoms with Crippen molar-refractivity contribution in [2.75, 3.05) is 5.32 Å². The van der Waals surface area contributed by atoms with Gasteiger partial charge in [0.2, 0.25) is 0 Å². The Labute approximate surface area is 122 Å². The summed E-state index contributed by atoms with van der Waals surface area (Å²) in [4.78, 5) is 25.0. The summed E-state index contributed by atoms with van der Waals surface area (Å²) in [6.07, 6.45) is 0. The lowest BCUT2D eigenvalue weighted by atomic mass is 10.1. The third kappa shape index (κ3) is 2.88. The van der Waals surface area contributed by atoms with Crippen molar-refractivity contribution >= 4 is 35.0 Å². The topological polar surface area (TPSA) is 87.5 Å². The Morgan fingerprint density at radius 3 is 2.40 bits per heavy atom. The molecule has 0 spiro atoms. The van der Waals surface area contributed by atoms with E-state index in [1.54, 1.807) is 26.0 Å². The Bertz CT molecular complexity index is 568. The molecule has 0 aliphatic carbocycles. The number of hydrogen-bond acceptors (Lipinski definition) is 3. The number of imide groups is 1. The third-order valence-electron chi connectivity index (χ3n) is 3.01. The lowest BCUT2D eigenvalue weighted by Crippen LogP contribution is -2.40. The highest BCUT2D eigenvalue weighted by molar-refractivity contribution is 7.80. The zero-order chi connectivity index (χ0) is 14.9. The molecule has 0 atom stereocenters. The zero-order valence-electron chi connectivity index (χ0n) is 11.3. The van der Waals surface area contributed by atoms with Gasteiger partial charge in [0.25, 0.3) is 5.91 Å². The summed E-state index contributed by atoms with van der Waals surface area (Å²) < 4.78 is 0. The number of hydrogen-bond donors (Lipinski definition) is 3. The first kappa shape index (κ1) is 14.3. The molecule has 0 aromatic heterocycles. The molecule has 6 nitrogen and oxygen atoms in total. The van der Waals surface area contributed by atoms with Crippen LogP contribution in [0.4, 0.5) is 10.5 Å². The van der Waals surface area contributed by atoms with Crippen molar-refractivity contribution in [3.05, 3.63) is 29.8 Å². The maximum Gasteiger partial charge on any atom is 0.325 e. The molecule has 0 bridgehead atoms. The van der Waals surface area contributed by atoms with E-state index in [0.29, 0.717) is 0 Å². The molecule has 2 rings (SSSR count). The van der Waals surface area contributed by atoms with Crippen molar-refractivity contribution in [2.45, 2.75) is 25.9 Å². The number of carbonyl (C=O) groups is 2. The average molecular weight is 292 g/mol. The summed E-state index contributed by atoms with van der Waals surface area (Å²) in [6, 6.07) is 6.83. The fourth-order valence-corrected chi connectivity index (χ4v) is 2.10. The maximum atomic E-state index is 12.1. The molecule has 1 heterocycles. The molecule has 1 aliphatic heterocycles. The fourth-order valence-electron chi connectivity index (χ4n) is 1.98. The predicted octanol–water partition coefficient (Wildman–Crippen LogP) is 1.17. The lowest BCUT2D eigenvalue weighted by molar-refractivity contribution is -0.130. The number of nitrogens with one attached hydrogen (secondary N) is 2. The number of nitrogens with two attached hydrogens (primary N) is 1. The molecule has 1 aromatic rings. The van der Waals surface area contributed by atoms with Crippen LogP contribution in [0.2, 0.25) is 0 Å². The van der Waals surface area contributed by atoms with Crippen molar-refractivity contribution in [3.8, 4) is 0 Å². The standard InChI is InChI=1S/C13H16N4O2S/c1-13(2)10(18)17(12(19)16-13)7-8-3-5-9(6-4-8)15-11(14)20/h3-6H,7H2,1-2H3,(H,16,19)(H3,14,15,20). The number of rotatable bonds is 3. The highest BCUT2D eigenvalue weighted by Gasteiger charge is 2.43. The molecular weight excluding hydrogens is 276 g/mol. The third-order valence-corrected chi connectivity index (χ3v) is 3.11. The Hall–Kier alpha value is -2.15. The van der Waals surface area contributed by atoms with Gasteiger partial charge in [0.1, 0.15) is 5.54 Å². The van der Waals surface area contributed by atoms with Gasteiger partial charge in [-0.25, -0.2) is 4.79 Å². The molecule has 7 heteroatoms. The summed E-state index contributed by atoms with van der Waals surface area (Å²) in [5, 5.41) is 5.64. The first-order valence-corrected chi connectivity index (χ1v) is 6.50. The van der Waals surface area contributed by atoms with Gasteiger partial charge in [0.05, 0.1) is 6.54 Å². The van der Waals surface area contributed by atoms with E-state index in [1.165, 1.54) is 4.90 Å². The van der Waals surface area contributed by atoms with Crippen molar-refractivity contribution in [2.24, 2.45) is 5.73 Å². The maximum absolute atomic E-state index is 12.1. The van der Waals surface area contributed by atoms with E-state index in [4.69, 9.17) is 18.0 Å². The van der Waals surface area contributed by atoms with E-state index in [-0.39, 0.29) is 23.6 Å². The Morgan fingerprint density at radius 2 is 1.95 bits per heavy atom. The minimum absolute atomic E-state index is 0.189. The molecular formula is C13H16N4O2S. The second kappa shape index (κ2) is 5.09. The number of thiocarbonyl (C=S) groups is 1. The van der Waals surface area contributed by atoms with Crippen molar-refractivity contribution in [1.82, 2.24) is 10.2 Å². The van der Waals surface area contributed by atoms with Crippen LogP contribution in [0.25, 0.3) is 0 Å². The molecule has 0 saturated carbocycles. The fraction of sp³-hybridized carbons (Fsp3) is 0.308. The first-order valence-electron chi connectivity index (χ1n) is 6.09. The monoisotopic (exact) mass is 292 g/mol. The van der Waals surface area contributed by atoms with Gasteiger partial charge in [-0.15, -0.1) is 0 Å². The smallest absolute Gasteiger partial charge is 0.325 e. The van der Waals surface area contributed by atoms with Gasteiger partial charge in [-0.3, -0.25) is 9.69 Å². The molecule has 0 radical (unpaired) electrons. The minimum Gasteiger partial charge on any atom is -0.376 e. The van der Waals surface area contributed by atoms with Crippen molar-refractivity contribution < 1.29 is 9.59 Å². The normalized spacial score (nSPS) is 17.0. The molecule has 20 heavy (non-hydrogen) atoms. The van der Waals surface area contributed by atoms with Gasteiger partial charge in [0, 0.05) is 5.69 Å². The summed E-state index contributed by atoms with van der Waals surface area (Å²) in [5.74, 6) is -0.229. The Kier molecular flexibility index (Phi) is 3.63. The summed E-state index contributed by atoms with van der Waals surface area (Å²) in [5.41, 5.74) is 6.14. The number of nitrogens with zero attached hydrogens (tertiary/aromatic N) is 1. The molecule has 1 saturated heterocycles. The Morgan fingerprint density at radius 1 is 1.35 bits per heavy atom. The van der Waals surface area contributed by atoms with Crippen LogP contribution < -0.4 is 16.4 Å². The highest BCUT2D eigenvalue weighted by Crippen LogP contribution is 2.20. The molecule has 106 valence electrons. The zero-order valence-corrected chi connectivity index (χ0v) is 12.1. The van der Waals surface area contributed by atoms with E-state index < -0.39 is 5.54 Å². The quantitative estimate of drug-likeness (QED) is 0.575. The average Bonchev–Trinajstić information content (AvgIpc) is 2.53. The second-order valence-corrected chi connectivity index (χ2v) is 5.57. The summed E-state index contributed by atoms with van der Waals surface area (Å²) in [7, 11) is 0. The van der Waals surface area contributed by atoms with Crippen molar-refractivity contribution in [1.29, 1.82) is 0 Å². The van der Waals surface area contributed by atoms with Gasteiger partial charge < -0.3 is 16.4 Å².